The molecule has 1 atom stereocenters. The van der Waals surface area contributed by atoms with E-state index >= 15 is 0 Å². The lowest BCUT2D eigenvalue weighted by atomic mass is 10.1. The number of carbonyl (C=O) groups excluding carboxylic acids is 1. The maximum atomic E-state index is 11.9. The minimum Gasteiger partial charge on any atom is -0.396 e. The quantitative estimate of drug-likeness (QED) is 0.743. The number of benzene rings is 1. The topological polar surface area (TPSA) is 65.1 Å². The molecule has 0 saturated heterocycles. The fourth-order valence-electron chi connectivity index (χ4n) is 2.25. The lowest BCUT2D eigenvalue weighted by Crippen LogP contribution is -2.33. The molecule has 0 aliphatic carbocycles. The molecule has 3 N–H and O–H groups in total. The molecule has 0 aliphatic rings. The van der Waals surface area contributed by atoms with E-state index in [1.54, 1.807) is 0 Å². The van der Waals surface area contributed by atoms with E-state index < -0.39 is 0 Å². The molecule has 4 heteroatoms. The van der Waals surface area contributed by atoms with Gasteiger partial charge in [0, 0.05) is 29.7 Å². The Bertz CT molecular complexity index is 548. The van der Waals surface area contributed by atoms with Gasteiger partial charge in [0.05, 0.1) is 6.42 Å². The number of rotatable bonds is 6. The predicted molar refractivity (Wildman–Crippen MR) is 75.9 cm³/mol. The third-order valence-corrected chi connectivity index (χ3v) is 3.23. The molecule has 0 bridgehead atoms. The zero-order chi connectivity index (χ0) is 13.7. The molecule has 0 spiro atoms. The van der Waals surface area contributed by atoms with Gasteiger partial charge in [0.25, 0.3) is 0 Å². The van der Waals surface area contributed by atoms with Crippen molar-refractivity contribution in [1.29, 1.82) is 0 Å². The van der Waals surface area contributed by atoms with E-state index in [0.29, 0.717) is 12.8 Å². The van der Waals surface area contributed by atoms with Crippen molar-refractivity contribution in [3.8, 4) is 0 Å². The monoisotopic (exact) mass is 260 g/mol. The lowest BCUT2D eigenvalue weighted by molar-refractivity contribution is -0.121. The van der Waals surface area contributed by atoms with E-state index in [1.165, 1.54) is 0 Å². The normalized spacial score (nSPS) is 12.5. The van der Waals surface area contributed by atoms with E-state index in [2.05, 4.69) is 10.3 Å². The van der Waals surface area contributed by atoms with Crippen LogP contribution in [0.1, 0.15) is 25.3 Å². The summed E-state index contributed by atoms with van der Waals surface area (Å²) in [4.78, 5) is 15.1. The van der Waals surface area contributed by atoms with Crippen LogP contribution in [-0.2, 0) is 11.2 Å². The van der Waals surface area contributed by atoms with Crippen LogP contribution in [0.2, 0.25) is 0 Å². The Morgan fingerprint density at radius 2 is 2.21 bits per heavy atom. The summed E-state index contributed by atoms with van der Waals surface area (Å²) < 4.78 is 0. The highest BCUT2D eigenvalue weighted by Gasteiger charge is 2.10. The second-order valence-corrected chi connectivity index (χ2v) is 4.87. The van der Waals surface area contributed by atoms with Gasteiger partial charge in [-0.3, -0.25) is 4.79 Å². The van der Waals surface area contributed by atoms with Gasteiger partial charge in [0.2, 0.25) is 5.91 Å². The number of aliphatic hydroxyl groups excluding tert-OH is 1. The average molecular weight is 260 g/mol. The maximum Gasteiger partial charge on any atom is 0.224 e. The fourth-order valence-corrected chi connectivity index (χ4v) is 2.25. The molecule has 1 aromatic carbocycles. The molecule has 4 nitrogen and oxygen atoms in total. The van der Waals surface area contributed by atoms with Crippen molar-refractivity contribution in [2.24, 2.45) is 0 Å². The molecule has 19 heavy (non-hydrogen) atoms. The van der Waals surface area contributed by atoms with Crippen LogP contribution < -0.4 is 5.32 Å². The number of aromatic nitrogens is 1. The van der Waals surface area contributed by atoms with Gasteiger partial charge in [-0.25, -0.2) is 0 Å². The Balaban J connectivity index is 1.95. The maximum absolute atomic E-state index is 11.9. The number of aliphatic hydroxyl groups is 1. The molecule has 1 heterocycles. The first-order valence-corrected chi connectivity index (χ1v) is 6.66. The molecule has 102 valence electrons. The zero-order valence-corrected chi connectivity index (χ0v) is 11.1. The molecule has 0 fully saturated rings. The van der Waals surface area contributed by atoms with Crippen molar-refractivity contribution in [2.45, 2.75) is 32.2 Å². The Morgan fingerprint density at radius 3 is 3.00 bits per heavy atom. The van der Waals surface area contributed by atoms with Crippen LogP contribution in [0, 0.1) is 0 Å². The summed E-state index contributed by atoms with van der Waals surface area (Å²) in [6, 6.07) is 8.07. The number of aromatic amines is 1. The number of para-hydroxylation sites is 1. The summed E-state index contributed by atoms with van der Waals surface area (Å²) in [5.74, 6) is 0.0233. The number of fused-ring (bicyclic) bond motifs is 1. The van der Waals surface area contributed by atoms with Gasteiger partial charge in [-0.05, 0) is 31.4 Å². The summed E-state index contributed by atoms with van der Waals surface area (Å²) in [5, 5.41) is 12.8. The van der Waals surface area contributed by atoms with Crippen LogP contribution in [-0.4, -0.2) is 28.6 Å². The van der Waals surface area contributed by atoms with Crippen LogP contribution in [0.25, 0.3) is 10.9 Å². The molecule has 1 amide bonds. The number of hydrogen-bond acceptors (Lipinski definition) is 2. The molecule has 0 saturated carbocycles. The minimum absolute atomic E-state index is 0.0233. The van der Waals surface area contributed by atoms with E-state index in [9.17, 15) is 4.79 Å². The number of hydrogen-bond donors (Lipinski definition) is 3. The van der Waals surface area contributed by atoms with Gasteiger partial charge in [-0.15, -0.1) is 0 Å². The van der Waals surface area contributed by atoms with Gasteiger partial charge >= 0.3 is 0 Å². The molecule has 1 unspecified atom stereocenters. The van der Waals surface area contributed by atoms with E-state index in [4.69, 9.17) is 5.11 Å². The van der Waals surface area contributed by atoms with Crippen LogP contribution in [0.4, 0.5) is 0 Å². The largest absolute Gasteiger partial charge is 0.396 e. The van der Waals surface area contributed by atoms with Crippen molar-refractivity contribution in [3.05, 3.63) is 36.0 Å². The number of H-pyrrole nitrogens is 1. The smallest absolute Gasteiger partial charge is 0.224 e. The fraction of sp³-hybridized carbons (Fsp3) is 0.400. The summed E-state index contributed by atoms with van der Waals surface area (Å²) in [6.45, 7) is 2.13. The number of amides is 1. The third kappa shape index (κ3) is 3.58. The summed E-state index contributed by atoms with van der Waals surface area (Å²) in [6.07, 6.45) is 3.79. The predicted octanol–water partition coefficient (Wildman–Crippen LogP) is 1.99. The zero-order valence-electron chi connectivity index (χ0n) is 11.1. The summed E-state index contributed by atoms with van der Waals surface area (Å²) in [7, 11) is 0. The molecular formula is C15H20N2O2. The van der Waals surface area contributed by atoms with E-state index in [0.717, 1.165) is 22.9 Å². The van der Waals surface area contributed by atoms with Gasteiger partial charge in [0.1, 0.15) is 0 Å². The van der Waals surface area contributed by atoms with Crippen molar-refractivity contribution in [1.82, 2.24) is 10.3 Å². The molecule has 0 aliphatic heterocycles. The second kappa shape index (κ2) is 6.38. The van der Waals surface area contributed by atoms with Crippen molar-refractivity contribution >= 4 is 16.8 Å². The molecular weight excluding hydrogens is 240 g/mol. The lowest BCUT2D eigenvalue weighted by Gasteiger charge is -2.12. The highest BCUT2D eigenvalue weighted by molar-refractivity contribution is 5.88. The molecule has 2 aromatic rings. The van der Waals surface area contributed by atoms with Crippen LogP contribution in [0.5, 0.6) is 0 Å². The summed E-state index contributed by atoms with van der Waals surface area (Å²) in [5.41, 5.74) is 2.07. The van der Waals surface area contributed by atoms with Crippen LogP contribution in [0.15, 0.2) is 30.5 Å². The first-order valence-electron chi connectivity index (χ1n) is 6.66. The van der Waals surface area contributed by atoms with E-state index in [-0.39, 0.29) is 18.6 Å². The van der Waals surface area contributed by atoms with Gasteiger partial charge < -0.3 is 15.4 Å². The Morgan fingerprint density at radius 1 is 1.42 bits per heavy atom. The van der Waals surface area contributed by atoms with Crippen molar-refractivity contribution < 1.29 is 9.90 Å². The standard InChI is InChI=1S/C15H20N2O2/c1-11(5-4-8-18)17-15(19)9-12-10-16-14-7-3-2-6-13(12)14/h2-3,6-7,10-11,16,18H,4-5,8-9H2,1H3,(H,17,19). The Kier molecular flexibility index (Phi) is 4.58. The third-order valence-electron chi connectivity index (χ3n) is 3.23. The van der Waals surface area contributed by atoms with Gasteiger partial charge in [-0.1, -0.05) is 18.2 Å². The molecule has 1 aromatic heterocycles. The average Bonchev–Trinajstić information content (AvgIpc) is 2.80. The first-order chi connectivity index (χ1) is 9.20. The number of carbonyl (C=O) groups is 1. The van der Waals surface area contributed by atoms with Crippen molar-refractivity contribution in [3.63, 3.8) is 0 Å². The Labute approximate surface area is 112 Å². The second-order valence-electron chi connectivity index (χ2n) is 4.87. The van der Waals surface area contributed by atoms with Crippen LogP contribution >= 0.6 is 0 Å². The minimum atomic E-state index is 0.0233. The van der Waals surface area contributed by atoms with E-state index in [1.807, 2.05) is 37.4 Å². The van der Waals surface area contributed by atoms with Gasteiger partial charge in [-0.2, -0.15) is 0 Å². The SMILES string of the molecule is CC(CCCO)NC(=O)Cc1c[nH]c2ccccc12. The van der Waals surface area contributed by atoms with Crippen LogP contribution in [0.3, 0.4) is 0 Å². The van der Waals surface area contributed by atoms with Crippen molar-refractivity contribution in [2.75, 3.05) is 6.61 Å². The molecule has 2 rings (SSSR count). The highest BCUT2D eigenvalue weighted by atomic mass is 16.2. The Hall–Kier alpha value is -1.81. The number of nitrogens with one attached hydrogen (secondary N) is 2. The molecule has 0 radical (unpaired) electrons. The highest BCUT2D eigenvalue weighted by Crippen LogP contribution is 2.18. The summed E-state index contributed by atoms with van der Waals surface area (Å²) >= 11 is 0. The first kappa shape index (κ1) is 13.6. The van der Waals surface area contributed by atoms with Gasteiger partial charge in [0.15, 0.2) is 0 Å².